The molecule has 1 unspecified atom stereocenters. The molecule has 0 spiro atoms. The van der Waals surface area contributed by atoms with Crippen LogP contribution in [0, 0.1) is 11.6 Å². The lowest BCUT2D eigenvalue weighted by atomic mass is 9.94. The van der Waals surface area contributed by atoms with E-state index in [-0.39, 0.29) is 24.9 Å². The normalized spacial score (nSPS) is 11.9. The lowest BCUT2D eigenvalue weighted by Crippen LogP contribution is -2.27. The van der Waals surface area contributed by atoms with Crippen molar-refractivity contribution in [2.45, 2.75) is 25.3 Å². The number of halogens is 3. The van der Waals surface area contributed by atoms with Crippen LogP contribution in [0.25, 0.3) is 0 Å². The molecule has 0 fully saturated rings. The zero-order valence-corrected chi connectivity index (χ0v) is 18.8. The fourth-order valence-electron chi connectivity index (χ4n) is 3.15. The molecule has 162 valence electrons. The zero-order valence-electron chi connectivity index (χ0n) is 16.4. The van der Waals surface area contributed by atoms with Crippen molar-refractivity contribution in [1.82, 2.24) is 4.57 Å². The van der Waals surface area contributed by atoms with E-state index in [1.54, 1.807) is 6.07 Å². The zero-order chi connectivity index (χ0) is 22.5. The van der Waals surface area contributed by atoms with Crippen LogP contribution in [-0.4, -0.2) is 23.4 Å². The second-order valence-electron chi connectivity index (χ2n) is 6.85. The summed E-state index contributed by atoms with van der Waals surface area (Å²) in [6, 6.07) is 9.99. The Morgan fingerprint density at radius 3 is 2.55 bits per heavy atom. The van der Waals surface area contributed by atoms with E-state index >= 15 is 0 Å². The standard InChI is InChI=1S/C22H18BrF2NO4S/c1-30-21(28)11-14(19-6-7-20(23)31-19)10-18(27)15-3-2-8-26(22(15)29)12-13-4-5-16(24)17(25)9-13/h2-9,14H,10-12H2,1H3. The molecule has 0 aliphatic rings. The van der Waals surface area contributed by atoms with Crippen molar-refractivity contribution >= 4 is 39.0 Å². The summed E-state index contributed by atoms with van der Waals surface area (Å²) >= 11 is 4.78. The minimum Gasteiger partial charge on any atom is -0.469 e. The van der Waals surface area contributed by atoms with Crippen LogP contribution in [-0.2, 0) is 16.1 Å². The number of rotatable bonds is 8. The Kier molecular flexibility index (Phi) is 7.50. The average molecular weight is 510 g/mol. The second-order valence-corrected chi connectivity index (χ2v) is 9.34. The molecule has 9 heteroatoms. The van der Waals surface area contributed by atoms with Gasteiger partial charge in [0, 0.05) is 23.4 Å². The third kappa shape index (κ3) is 5.74. The largest absolute Gasteiger partial charge is 0.469 e. The molecule has 2 aromatic heterocycles. The second kappa shape index (κ2) is 10.1. The lowest BCUT2D eigenvalue weighted by Gasteiger charge is -2.14. The number of benzene rings is 1. The molecule has 0 saturated carbocycles. The van der Waals surface area contributed by atoms with E-state index < -0.39 is 34.9 Å². The van der Waals surface area contributed by atoms with Crippen LogP contribution in [0.15, 0.2) is 57.2 Å². The smallest absolute Gasteiger partial charge is 0.306 e. The summed E-state index contributed by atoms with van der Waals surface area (Å²) in [4.78, 5) is 38.4. The SMILES string of the molecule is COC(=O)CC(CC(=O)c1cccn(Cc2ccc(F)c(F)c2)c1=O)c1ccc(Br)s1. The number of carbonyl (C=O) groups excluding carboxylic acids is 2. The van der Waals surface area contributed by atoms with Crippen molar-refractivity contribution in [1.29, 1.82) is 0 Å². The molecule has 0 saturated heterocycles. The molecule has 1 atom stereocenters. The van der Waals surface area contributed by atoms with E-state index in [4.69, 9.17) is 4.74 Å². The first-order valence-corrected chi connectivity index (χ1v) is 10.9. The van der Waals surface area contributed by atoms with Gasteiger partial charge in [-0.3, -0.25) is 14.4 Å². The fourth-order valence-corrected chi connectivity index (χ4v) is 4.67. The Morgan fingerprint density at radius 1 is 1.13 bits per heavy atom. The summed E-state index contributed by atoms with van der Waals surface area (Å²) in [5, 5.41) is 0. The van der Waals surface area contributed by atoms with Crippen molar-refractivity contribution in [3.05, 3.63) is 90.4 Å². The third-order valence-corrected chi connectivity index (χ3v) is 6.51. The van der Waals surface area contributed by atoms with E-state index in [1.807, 2.05) is 12.1 Å². The van der Waals surface area contributed by atoms with Gasteiger partial charge in [-0.25, -0.2) is 8.78 Å². The van der Waals surface area contributed by atoms with Crippen molar-refractivity contribution in [3.63, 3.8) is 0 Å². The Balaban J connectivity index is 1.84. The third-order valence-electron chi connectivity index (χ3n) is 4.73. The lowest BCUT2D eigenvalue weighted by molar-refractivity contribution is -0.141. The average Bonchev–Trinajstić information content (AvgIpc) is 3.17. The van der Waals surface area contributed by atoms with Gasteiger partial charge < -0.3 is 9.30 Å². The van der Waals surface area contributed by atoms with Gasteiger partial charge >= 0.3 is 5.97 Å². The first-order valence-electron chi connectivity index (χ1n) is 9.27. The highest BCUT2D eigenvalue weighted by atomic mass is 79.9. The highest BCUT2D eigenvalue weighted by Gasteiger charge is 2.24. The van der Waals surface area contributed by atoms with E-state index in [1.165, 1.54) is 41.3 Å². The van der Waals surface area contributed by atoms with Crippen molar-refractivity contribution in [2.75, 3.05) is 7.11 Å². The number of hydrogen-bond acceptors (Lipinski definition) is 5. The Labute approximate surface area is 189 Å². The predicted octanol–water partition coefficient (Wildman–Crippen LogP) is 4.92. The van der Waals surface area contributed by atoms with Gasteiger partial charge in [-0.1, -0.05) is 6.07 Å². The van der Waals surface area contributed by atoms with Gasteiger partial charge in [-0.15, -0.1) is 11.3 Å². The Morgan fingerprint density at radius 2 is 1.90 bits per heavy atom. The Hall–Kier alpha value is -2.65. The van der Waals surface area contributed by atoms with Crippen LogP contribution < -0.4 is 5.56 Å². The molecule has 0 radical (unpaired) electrons. The molecule has 0 amide bonds. The van der Waals surface area contributed by atoms with Gasteiger partial charge in [-0.2, -0.15) is 0 Å². The highest BCUT2D eigenvalue weighted by molar-refractivity contribution is 9.11. The van der Waals surface area contributed by atoms with Crippen LogP contribution in [0.2, 0.25) is 0 Å². The summed E-state index contributed by atoms with van der Waals surface area (Å²) in [6.07, 6.45) is 1.43. The molecule has 0 N–H and O–H groups in total. The van der Waals surface area contributed by atoms with Gasteiger partial charge in [0.05, 0.1) is 29.4 Å². The van der Waals surface area contributed by atoms with Crippen molar-refractivity contribution < 1.29 is 23.1 Å². The number of thiophene rings is 1. The number of Topliss-reactive ketones (excluding diaryl/α,β-unsaturated/α-hetero) is 1. The number of methoxy groups -OCH3 is 1. The maximum atomic E-state index is 13.5. The van der Waals surface area contributed by atoms with E-state index in [2.05, 4.69) is 15.9 Å². The number of ether oxygens (including phenoxy) is 1. The number of nitrogens with zero attached hydrogens (tertiary/aromatic N) is 1. The summed E-state index contributed by atoms with van der Waals surface area (Å²) < 4.78 is 33.5. The molecule has 31 heavy (non-hydrogen) atoms. The fraction of sp³-hybridized carbons (Fsp3) is 0.227. The number of hydrogen-bond donors (Lipinski definition) is 0. The number of esters is 1. The van der Waals surface area contributed by atoms with Gasteiger partial charge in [0.15, 0.2) is 17.4 Å². The van der Waals surface area contributed by atoms with Crippen LogP contribution >= 0.6 is 27.3 Å². The van der Waals surface area contributed by atoms with Gasteiger partial charge in [-0.05, 0) is 57.9 Å². The van der Waals surface area contributed by atoms with E-state index in [0.717, 1.165) is 20.8 Å². The van der Waals surface area contributed by atoms with Crippen LogP contribution in [0.3, 0.4) is 0 Å². The van der Waals surface area contributed by atoms with Gasteiger partial charge in [0.1, 0.15) is 0 Å². The number of carbonyl (C=O) groups is 2. The maximum Gasteiger partial charge on any atom is 0.306 e. The Bertz CT molecular complexity index is 1170. The quantitative estimate of drug-likeness (QED) is 0.319. The molecular formula is C22H18BrF2NO4S. The predicted molar refractivity (Wildman–Crippen MR) is 117 cm³/mol. The first kappa shape index (κ1) is 23.0. The number of aromatic nitrogens is 1. The topological polar surface area (TPSA) is 65.4 Å². The van der Waals surface area contributed by atoms with Crippen LogP contribution in [0.4, 0.5) is 8.78 Å². The molecule has 3 aromatic rings. The molecule has 2 heterocycles. The summed E-state index contributed by atoms with van der Waals surface area (Å²) in [6.45, 7) is -0.0133. The van der Waals surface area contributed by atoms with E-state index in [0.29, 0.717) is 5.56 Å². The van der Waals surface area contributed by atoms with Crippen LogP contribution in [0.5, 0.6) is 0 Å². The first-order chi connectivity index (χ1) is 14.8. The molecule has 1 aromatic carbocycles. The van der Waals surface area contributed by atoms with Gasteiger partial charge in [0.2, 0.25) is 0 Å². The molecule has 0 bridgehead atoms. The highest BCUT2D eigenvalue weighted by Crippen LogP contribution is 2.33. The molecule has 5 nitrogen and oxygen atoms in total. The van der Waals surface area contributed by atoms with Crippen LogP contribution in [0.1, 0.15) is 39.6 Å². The van der Waals surface area contributed by atoms with Gasteiger partial charge in [0.25, 0.3) is 5.56 Å². The molecular weight excluding hydrogens is 492 g/mol. The number of pyridine rings is 1. The molecule has 0 aliphatic carbocycles. The summed E-state index contributed by atoms with van der Waals surface area (Å²) in [5.41, 5.74) is -0.186. The van der Waals surface area contributed by atoms with Crippen molar-refractivity contribution in [2.24, 2.45) is 0 Å². The summed E-state index contributed by atoms with van der Waals surface area (Å²) in [7, 11) is 1.28. The van der Waals surface area contributed by atoms with E-state index in [9.17, 15) is 23.2 Å². The monoisotopic (exact) mass is 509 g/mol. The summed E-state index contributed by atoms with van der Waals surface area (Å²) in [5.74, 6) is -3.29. The maximum absolute atomic E-state index is 13.5. The minimum absolute atomic E-state index is 0.00503. The minimum atomic E-state index is -1.01. The number of ketones is 1. The molecule has 0 aliphatic heterocycles. The van der Waals surface area contributed by atoms with Crippen molar-refractivity contribution in [3.8, 4) is 0 Å². The molecule has 3 rings (SSSR count).